The van der Waals surface area contributed by atoms with E-state index in [1.807, 2.05) is 32.0 Å². The lowest BCUT2D eigenvalue weighted by Gasteiger charge is -2.09. The highest BCUT2D eigenvalue weighted by Gasteiger charge is 2.17. The molecule has 6 heteroatoms. The number of nitrogens with zero attached hydrogens (tertiary/aromatic N) is 2. The average molecular weight is 419 g/mol. The second-order valence-electron chi connectivity index (χ2n) is 6.86. The van der Waals surface area contributed by atoms with Crippen molar-refractivity contribution in [2.45, 2.75) is 26.8 Å². The number of carbonyl (C=O) groups is 2. The lowest BCUT2D eigenvalue weighted by Crippen LogP contribution is -2.14. The number of benzene rings is 1. The molecule has 0 N–H and O–H groups in total. The van der Waals surface area contributed by atoms with Crippen molar-refractivity contribution in [2.75, 3.05) is 6.61 Å². The van der Waals surface area contributed by atoms with E-state index in [4.69, 9.17) is 10.00 Å². The lowest BCUT2D eigenvalue weighted by atomic mass is 10.1. The predicted octanol–water partition coefficient (Wildman–Crippen LogP) is 4.72. The smallest absolute Gasteiger partial charge is 0.331 e. The molecule has 0 aliphatic heterocycles. The van der Waals surface area contributed by atoms with Crippen LogP contribution in [0.1, 0.15) is 37.7 Å². The number of nitriles is 1. The number of carbonyl (C=O) groups excluding carboxylic acids is 2. The third kappa shape index (κ3) is 5.34. The molecule has 0 aliphatic rings. The first-order valence-corrected chi connectivity index (χ1v) is 10.4. The van der Waals surface area contributed by atoms with E-state index < -0.39 is 5.97 Å². The van der Waals surface area contributed by atoms with Gasteiger partial charge in [-0.15, -0.1) is 11.3 Å². The van der Waals surface area contributed by atoms with E-state index in [9.17, 15) is 9.59 Å². The number of Topliss-reactive ketones (excluding diaryl/α,β-unsaturated/α-hetero) is 1. The van der Waals surface area contributed by atoms with Crippen molar-refractivity contribution in [3.8, 4) is 6.07 Å². The Bertz CT molecular complexity index is 1100. The Morgan fingerprint density at radius 3 is 2.63 bits per heavy atom. The zero-order valence-corrected chi connectivity index (χ0v) is 17.7. The maximum Gasteiger partial charge on any atom is 0.331 e. The quantitative estimate of drug-likeness (QED) is 0.301. The van der Waals surface area contributed by atoms with Crippen LogP contribution in [-0.4, -0.2) is 22.9 Å². The predicted molar refractivity (Wildman–Crippen MR) is 117 cm³/mol. The van der Waals surface area contributed by atoms with Crippen LogP contribution in [0.15, 0.2) is 53.9 Å². The Balaban J connectivity index is 1.56. The summed E-state index contributed by atoms with van der Waals surface area (Å²) >= 11 is 1.72. The van der Waals surface area contributed by atoms with Gasteiger partial charge in [0.05, 0.1) is 11.6 Å². The summed E-state index contributed by atoms with van der Waals surface area (Å²) in [6.07, 6.45) is 3.78. The van der Waals surface area contributed by atoms with Crippen LogP contribution in [0.4, 0.5) is 0 Å². The highest BCUT2D eigenvalue weighted by atomic mass is 32.1. The van der Waals surface area contributed by atoms with E-state index in [0.29, 0.717) is 11.1 Å². The normalized spacial score (nSPS) is 10.8. The van der Waals surface area contributed by atoms with Gasteiger partial charge >= 0.3 is 5.97 Å². The third-order valence-corrected chi connectivity index (χ3v) is 5.77. The second kappa shape index (κ2) is 9.86. The molecule has 5 nitrogen and oxygen atoms in total. The number of rotatable bonds is 8. The van der Waals surface area contributed by atoms with E-state index >= 15 is 0 Å². The van der Waals surface area contributed by atoms with Crippen LogP contribution >= 0.6 is 11.3 Å². The Hall–Kier alpha value is -3.43. The summed E-state index contributed by atoms with van der Waals surface area (Å²) in [6.45, 7) is 4.40. The van der Waals surface area contributed by atoms with Gasteiger partial charge in [-0.05, 0) is 61.6 Å². The van der Waals surface area contributed by atoms with Gasteiger partial charge in [0.25, 0.3) is 0 Å². The van der Waals surface area contributed by atoms with Crippen LogP contribution in [0.3, 0.4) is 0 Å². The molecule has 3 aromatic rings. The standard InChI is InChI=1S/C24H22N2O3S/c1-17-14-22(18(2)26(17)12-11-21-4-3-13-30-21)23(27)16-29-24(28)10-9-19-5-7-20(15-25)8-6-19/h3-10,13-14H,11-12,16H2,1-2H3/b10-9+. The fourth-order valence-corrected chi connectivity index (χ4v) is 3.90. The second-order valence-corrected chi connectivity index (χ2v) is 7.90. The molecule has 3 rings (SSSR count). The summed E-state index contributed by atoms with van der Waals surface area (Å²) in [7, 11) is 0. The number of hydrogen-bond acceptors (Lipinski definition) is 5. The molecular formula is C24H22N2O3S. The van der Waals surface area contributed by atoms with E-state index in [-0.39, 0.29) is 12.4 Å². The van der Waals surface area contributed by atoms with Crippen molar-refractivity contribution in [1.82, 2.24) is 4.57 Å². The van der Waals surface area contributed by atoms with Crippen molar-refractivity contribution >= 4 is 29.2 Å². The zero-order chi connectivity index (χ0) is 21.5. The van der Waals surface area contributed by atoms with Gasteiger partial charge in [-0.1, -0.05) is 18.2 Å². The highest BCUT2D eigenvalue weighted by molar-refractivity contribution is 7.09. The van der Waals surface area contributed by atoms with Crippen LogP contribution in [-0.2, 0) is 22.5 Å². The molecule has 0 bridgehead atoms. The molecule has 2 heterocycles. The Morgan fingerprint density at radius 2 is 1.97 bits per heavy atom. The van der Waals surface area contributed by atoms with Crippen molar-refractivity contribution in [3.63, 3.8) is 0 Å². The molecule has 2 aromatic heterocycles. The number of aromatic nitrogens is 1. The van der Waals surface area contributed by atoms with Gasteiger partial charge in [0.1, 0.15) is 0 Å². The number of aryl methyl sites for hydroxylation is 2. The molecule has 30 heavy (non-hydrogen) atoms. The van der Waals surface area contributed by atoms with Crippen LogP contribution in [0.2, 0.25) is 0 Å². The molecular weight excluding hydrogens is 396 g/mol. The van der Waals surface area contributed by atoms with Crippen molar-refractivity contribution in [1.29, 1.82) is 5.26 Å². The topological polar surface area (TPSA) is 72.1 Å². The number of ether oxygens (including phenoxy) is 1. The fraction of sp³-hybridized carbons (Fsp3) is 0.208. The van der Waals surface area contributed by atoms with E-state index in [2.05, 4.69) is 16.0 Å². The molecule has 0 saturated heterocycles. The largest absolute Gasteiger partial charge is 0.454 e. The minimum atomic E-state index is -0.584. The van der Waals surface area contributed by atoms with Gasteiger partial charge in [0.2, 0.25) is 5.78 Å². The monoisotopic (exact) mass is 418 g/mol. The number of ketones is 1. The third-order valence-electron chi connectivity index (χ3n) is 4.83. The van der Waals surface area contributed by atoms with Gasteiger partial charge in [0, 0.05) is 34.4 Å². The number of hydrogen-bond donors (Lipinski definition) is 0. The molecule has 0 saturated carbocycles. The molecule has 1 aromatic carbocycles. The molecule has 0 radical (unpaired) electrons. The molecule has 0 unspecified atom stereocenters. The summed E-state index contributed by atoms with van der Waals surface area (Å²) in [5, 5.41) is 10.9. The number of esters is 1. The Labute approximate surface area is 179 Å². The summed E-state index contributed by atoms with van der Waals surface area (Å²) in [5.41, 5.74) is 3.81. The molecule has 0 atom stereocenters. The Morgan fingerprint density at radius 1 is 1.20 bits per heavy atom. The minimum absolute atomic E-state index is 0.217. The van der Waals surface area contributed by atoms with Crippen molar-refractivity contribution < 1.29 is 14.3 Å². The number of thiophene rings is 1. The van der Waals surface area contributed by atoms with Crippen LogP contribution in [0, 0.1) is 25.2 Å². The molecule has 152 valence electrons. The van der Waals surface area contributed by atoms with Crippen molar-refractivity contribution in [2.24, 2.45) is 0 Å². The highest BCUT2D eigenvalue weighted by Crippen LogP contribution is 2.18. The van der Waals surface area contributed by atoms with E-state index in [1.165, 1.54) is 11.0 Å². The first kappa shape index (κ1) is 21.3. The van der Waals surface area contributed by atoms with Gasteiger partial charge in [-0.2, -0.15) is 5.26 Å². The first-order valence-electron chi connectivity index (χ1n) is 9.55. The summed E-state index contributed by atoms with van der Waals surface area (Å²) in [4.78, 5) is 25.8. The zero-order valence-electron chi connectivity index (χ0n) is 16.9. The average Bonchev–Trinajstić information content (AvgIpc) is 3.37. The van der Waals surface area contributed by atoms with Gasteiger partial charge in [-0.3, -0.25) is 4.79 Å². The van der Waals surface area contributed by atoms with Crippen molar-refractivity contribution in [3.05, 3.63) is 86.9 Å². The Kier molecular flexibility index (Phi) is 6.99. The molecule has 0 spiro atoms. The van der Waals surface area contributed by atoms with Gasteiger partial charge < -0.3 is 9.30 Å². The van der Waals surface area contributed by atoms with E-state index in [0.717, 1.165) is 29.9 Å². The maximum atomic E-state index is 12.6. The lowest BCUT2D eigenvalue weighted by molar-refractivity contribution is -0.136. The fourth-order valence-electron chi connectivity index (χ4n) is 3.20. The first-order chi connectivity index (χ1) is 14.5. The van der Waals surface area contributed by atoms with Crippen LogP contribution in [0.25, 0.3) is 6.08 Å². The van der Waals surface area contributed by atoms with Gasteiger partial charge in [0.15, 0.2) is 6.61 Å². The van der Waals surface area contributed by atoms with E-state index in [1.54, 1.807) is 41.7 Å². The SMILES string of the molecule is Cc1cc(C(=O)COC(=O)/C=C/c2ccc(C#N)cc2)c(C)n1CCc1cccs1. The van der Waals surface area contributed by atoms with Crippen LogP contribution < -0.4 is 0 Å². The maximum absolute atomic E-state index is 12.6. The summed E-state index contributed by atoms with van der Waals surface area (Å²) < 4.78 is 7.24. The molecule has 0 amide bonds. The summed E-state index contributed by atoms with van der Waals surface area (Å²) in [6, 6.07) is 14.8. The molecule has 0 aliphatic carbocycles. The van der Waals surface area contributed by atoms with Gasteiger partial charge in [-0.25, -0.2) is 4.79 Å². The van der Waals surface area contributed by atoms with Crippen LogP contribution in [0.5, 0.6) is 0 Å². The summed E-state index contributed by atoms with van der Waals surface area (Å²) in [5.74, 6) is -0.801. The minimum Gasteiger partial charge on any atom is -0.454 e. The molecule has 0 fully saturated rings.